The first kappa shape index (κ1) is 14.4. The SMILES string of the molecule is O=C(Nc1ncccn1)c1ccc2cc3n(c2c1)CCCNC3=O. The third kappa shape index (κ3) is 2.50. The molecule has 1 aliphatic heterocycles. The van der Waals surface area contributed by atoms with Gasteiger partial charge in [-0.05, 0) is 30.7 Å². The maximum absolute atomic E-state index is 12.4. The summed E-state index contributed by atoms with van der Waals surface area (Å²) in [6.07, 6.45) is 3.99. The van der Waals surface area contributed by atoms with Gasteiger partial charge in [-0.2, -0.15) is 0 Å². The van der Waals surface area contributed by atoms with Crippen molar-refractivity contribution in [2.75, 3.05) is 11.9 Å². The van der Waals surface area contributed by atoms with E-state index in [0.717, 1.165) is 23.9 Å². The molecule has 0 saturated carbocycles. The Morgan fingerprint density at radius 2 is 2.04 bits per heavy atom. The highest BCUT2D eigenvalue weighted by molar-refractivity contribution is 6.06. The highest BCUT2D eigenvalue weighted by Gasteiger charge is 2.19. The van der Waals surface area contributed by atoms with E-state index in [1.807, 2.05) is 16.7 Å². The van der Waals surface area contributed by atoms with Crippen LogP contribution in [-0.2, 0) is 6.54 Å². The lowest BCUT2D eigenvalue weighted by molar-refractivity contribution is 0.0950. The maximum Gasteiger partial charge on any atom is 0.267 e. The number of amides is 2. The number of benzene rings is 1. The monoisotopic (exact) mass is 321 g/mol. The minimum atomic E-state index is -0.281. The lowest BCUT2D eigenvalue weighted by atomic mass is 10.1. The fourth-order valence-corrected chi connectivity index (χ4v) is 2.89. The van der Waals surface area contributed by atoms with Crippen molar-refractivity contribution in [1.82, 2.24) is 19.9 Å². The summed E-state index contributed by atoms with van der Waals surface area (Å²) < 4.78 is 1.97. The molecule has 0 aliphatic carbocycles. The third-order valence-electron chi connectivity index (χ3n) is 4.03. The van der Waals surface area contributed by atoms with Crippen LogP contribution in [0, 0.1) is 0 Å². The summed E-state index contributed by atoms with van der Waals surface area (Å²) in [5.74, 6) is -0.0972. The molecule has 0 saturated heterocycles. The Morgan fingerprint density at radius 1 is 1.21 bits per heavy atom. The minimum Gasteiger partial charge on any atom is -0.351 e. The zero-order valence-corrected chi connectivity index (χ0v) is 12.8. The van der Waals surface area contributed by atoms with E-state index in [1.165, 1.54) is 0 Å². The molecular weight excluding hydrogens is 306 g/mol. The predicted molar refractivity (Wildman–Crippen MR) is 88.9 cm³/mol. The summed E-state index contributed by atoms with van der Waals surface area (Å²) in [7, 11) is 0. The van der Waals surface area contributed by atoms with Gasteiger partial charge in [0.2, 0.25) is 5.95 Å². The van der Waals surface area contributed by atoms with Crippen LogP contribution >= 0.6 is 0 Å². The summed E-state index contributed by atoms with van der Waals surface area (Å²) in [6, 6.07) is 8.93. The minimum absolute atomic E-state index is 0.0765. The van der Waals surface area contributed by atoms with Gasteiger partial charge in [-0.15, -0.1) is 0 Å². The molecule has 7 heteroatoms. The molecule has 1 aliphatic rings. The van der Waals surface area contributed by atoms with Crippen LogP contribution in [0.2, 0.25) is 0 Å². The predicted octanol–water partition coefficient (Wildman–Crippen LogP) is 1.82. The smallest absolute Gasteiger partial charge is 0.267 e. The van der Waals surface area contributed by atoms with Crippen LogP contribution in [0.1, 0.15) is 27.3 Å². The Labute approximate surface area is 137 Å². The van der Waals surface area contributed by atoms with Crippen molar-refractivity contribution in [1.29, 1.82) is 0 Å². The second-order valence-electron chi connectivity index (χ2n) is 5.59. The van der Waals surface area contributed by atoms with Crippen molar-refractivity contribution in [2.24, 2.45) is 0 Å². The molecule has 2 amide bonds. The molecule has 0 spiro atoms. The Hall–Kier alpha value is -3.22. The van der Waals surface area contributed by atoms with Crippen LogP contribution < -0.4 is 10.6 Å². The molecule has 120 valence electrons. The molecule has 3 aromatic rings. The average molecular weight is 321 g/mol. The highest BCUT2D eigenvalue weighted by Crippen LogP contribution is 2.23. The zero-order chi connectivity index (χ0) is 16.5. The lowest BCUT2D eigenvalue weighted by Crippen LogP contribution is -2.22. The number of hydrogen-bond acceptors (Lipinski definition) is 4. The molecule has 24 heavy (non-hydrogen) atoms. The number of rotatable bonds is 2. The van der Waals surface area contributed by atoms with E-state index in [9.17, 15) is 9.59 Å². The Bertz CT molecular complexity index is 933. The van der Waals surface area contributed by atoms with Crippen LogP contribution in [0.25, 0.3) is 10.9 Å². The van der Waals surface area contributed by atoms with Crippen molar-refractivity contribution in [3.63, 3.8) is 0 Å². The largest absolute Gasteiger partial charge is 0.351 e. The van der Waals surface area contributed by atoms with Crippen molar-refractivity contribution < 1.29 is 9.59 Å². The standard InChI is InChI=1S/C17H15N5O2/c23-15(21-17-19-5-1-6-20-17)12-4-3-11-9-14-16(24)18-7-2-8-22(14)13(11)10-12/h1,3-6,9-10H,2,7-8H2,(H,18,24)(H,19,20,21,23). The van der Waals surface area contributed by atoms with Gasteiger partial charge < -0.3 is 9.88 Å². The summed E-state index contributed by atoms with van der Waals surface area (Å²) in [4.78, 5) is 32.5. The van der Waals surface area contributed by atoms with Crippen molar-refractivity contribution in [3.8, 4) is 0 Å². The maximum atomic E-state index is 12.4. The lowest BCUT2D eigenvalue weighted by Gasteiger charge is -2.07. The fourth-order valence-electron chi connectivity index (χ4n) is 2.89. The Kier molecular flexibility index (Phi) is 3.45. The van der Waals surface area contributed by atoms with E-state index in [4.69, 9.17) is 0 Å². The van der Waals surface area contributed by atoms with Crippen LogP contribution in [0.5, 0.6) is 0 Å². The van der Waals surface area contributed by atoms with Crippen LogP contribution in [0.3, 0.4) is 0 Å². The number of carbonyl (C=O) groups is 2. The van der Waals surface area contributed by atoms with E-state index in [2.05, 4.69) is 20.6 Å². The highest BCUT2D eigenvalue weighted by atomic mass is 16.2. The molecule has 2 aromatic heterocycles. The van der Waals surface area contributed by atoms with Gasteiger partial charge in [-0.1, -0.05) is 6.07 Å². The molecule has 0 radical (unpaired) electrons. The van der Waals surface area contributed by atoms with E-state index in [1.54, 1.807) is 30.6 Å². The van der Waals surface area contributed by atoms with E-state index in [0.29, 0.717) is 17.8 Å². The number of aryl methyl sites for hydroxylation is 1. The molecule has 1 aromatic carbocycles. The van der Waals surface area contributed by atoms with Gasteiger partial charge in [0.25, 0.3) is 11.8 Å². The van der Waals surface area contributed by atoms with E-state index >= 15 is 0 Å². The van der Waals surface area contributed by atoms with Crippen LogP contribution in [-0.4, -0.2) is 32.9 Å². The van der Waals surface area contributed by atoms with Gasteiger partial charge in [0, 0.05) is 41.9 Å². The first-order valence-electron chi connectivity index (χ1n) is 7.72. The number of aromatic nitrogens is 3. The molecule has 7 nitrogen and oxygen atoms in total. The summed E-state index contributed by atoms with van der Waals surface area (Å²) >= 11 is 0. The quantitative estimate of drug-likeness (QED) is 0.753. The van der Waals surface area contributed by atoms with Gasteiger partial charge in [0.15, 0.2) is 0 Å². The number of carbonyl (C=O) groups excluding carboxylic acids is 2. The molecule has 3 heterocycles. The zero-order valence-electron chi connectivity index (χ0n) is 12.8. The van der Waals surface area contributed by atoms with E-state index in [-0.39, 0.29) is 17.8 Å². The van der Waals surface area contributed by atoms with Gasteiger partial charge in [0.1, 0.15) is 5.69 Å². The molecule has 0 bridgehead atoms. The fraction of sp³-hybridized carbons (Fsp3) is 0.176. The number of hydrogen-bond donors (Lipinski definition) is 2. The molecule has 4 rings (SSSR count). The van der Waals surface area contributed by atoms with Crippen molar-refractivity contribution in [3.05, 3.63) is 54.0 Å². The van der Waals surface area contributed by atoms with Gasteiger partial charge in [-0.3, -0.25) is 14.9 Å². The van der Waals surface area contributed by atoms with Gasteiger partial charge in [-0.25, -0.2) is 9.97 Å². The number of nitrogens with one attached hydrogen (secondary N) is 2. The topological polar surface area (TPSA) is 88.9 Å². The molecule has 0 atom stereocenters. The third-order valence-corrected chi connectivity index (χ3v) is 4.03. The summed E-state index contributed by atoms with van der Waals surface area (Å²) in [5, 5.41) is 6.48. The van der Waals surface area contributed by atoms with E-state index < -0.39 is 0 Å². The summed E-state index contributed by atoms with van der Waals surface area (Å²) in [5.41, 5.74) is 2.01. The van der Waals surface area contributed by atoms with Crippen LogP contribution in [0.15, 0.2) is 42.7 Å². The first-order chi connectivity index (χ1) is 11.7. The van der Waals surface area contributed by atoms with Crippen LogP contribution in [0.4, 0.5) is 5.95 Å². The number of anilines is 1. The molecule has 2 N–H and O–H groups in total. The molecule has 0 unspecified atom stereocenters. The Balaban J connectivity index is 1.71. The van der Waals surface area contributed by atoms with Crippen molar-refractivity contribution >= 4 is 28.7 Å². The normalized spacial score (nSPS) is 13.9. The average Bonchev–Trinajstić information content (AvgIpc) is 2.87. The van der Waals surface area contributed by atoms with Crippen molar-refractivity contribution in [2.45, 2.75) is 13.0 Å². The first-order valence-corrected chi connectivity index (χ1v) is 7.72. The molecule has 0 fully saturated rings. The Morgan fingerprint density at radius 3 is 2.88 bits per heavy atom. The second-order valence-corrected chi connectivity index (χ2v) is 5.59. The van der Waals surface area contributed by atoms with Gasteiger partial charge in [0.05, 0.1) is 0 Å². The number of nitrogens with zero attached hydrogens (tertiary/aromatic N) is 3. The van der Waals surface area contributed by atoms with Gasteiger partial charge >= 0.3 is 0 Å². The number of fused-ring (bicyclic) bond motifs is 3. The summed E-state index contributed by atoms with van der Waals surface area (Å²) in [6.45, 7) is 1.40. The molecular formula is C17H15N5O2. The second kappa shape index (κ2) is 5.77.